The van der Waals surface area contributed by atoms with Crippen LogP contribution < -0.4 is 5.32 Å². The summed E-state index contributed by atoms with van der Waals surface area (Å²) in [5.74, 6) is -0.513. The third-order valence-electron chi connectivity index (χ3n) is 4.11. The van der Waals surface area contributed by atoms with Crippen molar-refractivity contribution in [2.45, 2.75) is 25.8 Å². The highest BCUT2D eigenvalue weighted by Crippen LogP contribution is 2.27. The number of anilines is 1. The first-order valence-corrected chi connectivity index (χ1v) is 8.72. The molecule has 7 heteroatoms. The first kappa shape index (κ1) is 17.7. The van der Waals surface area contributed by atoms with Crippen LogP contribution in [0.25, 0.3) is 0 Å². The highest BCUT2D eigenvalue weighted by molar-refractivity contribution is 6.35. The van der Waals surface area contributed by atoms with E-state index in [4.69, 9.17) is 23.2 Å². The summed E-state index contributed by atoms with van der Waals surface area (Å²) in [5.41, 5.74) is 1.55. The monoisotopic (exact) mass is 377 g/mol. The van der Waals surface area contributed by atoms with Crippen molar-refractivity contribution in [2.75, 3.05) is 11.9 Å². The molecule has 0 saturated carbocycles. The summed E-state index contributed by atoms with van der Waals surface area (Å²) in [4.78, 5) is 31.2. The van der Waals surface area contributed by atoms with Crippen LogP contribution in [0.3, 0.4) is 0 Å². The lowest BCUT2D eigenvalue weighted by Gasteiger charge is -2.24. The van der Waals surface area contributed by atoms with Gasteiger partial charge in [0.2, 0.25) is 5.91 Å². The summed E-state index contributed by atoms with van der Waals surface area (Å²) in [6.07, 6.45) is 1.36. The van der Waals surface area contributed by atoms with Crippen LogP contribution in [-0.2, 0) is 4.79 Å². The van der Waals surface area contributed by atoms with Crippen molar-refractivity contribution < 1.29 is 9.59 Å². The zero-order valence-corrected chi connectivity index (χ0v) is 15.1. The van der Waals surface area contributed by atoms with Gasteiger partial charge in [0.1, 0.15) is 11.7 Å². The first-order chi connectivity index (χ1) is 12.0. The molecule has 0 unspecified atom stereocenters. The molecule has 2 amide bonds. The number of hydrogen-bond donors (Lipinski definition) is 1. The van der Waals surface area contributed by atoms with Gasteiger partial charge in [-0.1, -0.05) is 29.3 Å². The summed E-state index contributed by atoms with van der Waals surface area (Å²) in [6.45, 7) is 2.35. The summed E-state index contributed by atoms with van der Waals surface area (Å²) < 4.78 is 0. The molecule has 5 nitrogen and oxygen atoms in total. The first-order valence-electron chi connectivity index (χ1n) is 7.96. The molecule has 1 aromatic heterocycles. The number of nitrogens with zero attached hydrogens (tertiary/aromatic N) is 2. The van der Waals surface area contributed by atoms with E-state index in [1.807, 2.05) is 13.0 Å². The Balaban J connectivity index is 1.78. The van der Waals surface area contributed by atoms with E-state index in [9.17, 15) is 9.59 Å². The standard InChI is InChI=1S/C18H17Cl2N3O2/c1-11-4-2-5-14(21-11)18(25)23-9-3-6-16(23)17(24)22-15-10-12(19)7-8-13(15)20/h2,4-5,7-8,10,16H,3,6,9H2,1H3,(H,22,24)/t16-/m0/s1. The number of halogens is 2. The van der Waals surface area contributed by atoms with Gasteiger partial charge in [0.15, 0.2) is 0 Å². The van der Waals surface area contributed by atoms with Gasteiger partial charge in [0, 0.05) is 17.3 Å². The molecule has 2 aromatic rings. The van der Waals surface area contributed by atoms with E-state index in [1.54, 1.807) is 35.2 Å². The number of carbonyl (C=O) groups excluding carboxylic acids is 2. The molecule has 0 spiro atoms. The second kappa shape index (κ2) is 7.42. The van der Waals surface area contributed by atoms with Gasteiger partial charge < -0.3 is 10.2 Å². The minimum atomic E-state index is -0.551. The second-order valence-corrected chi connectivity index (χ2v) is 6.78. The maximum atomic E-state index is 12.7. The number of likely N-dealkylation sites (tertiary alicyclic amines) is 1. The number of hydrogen-bond acceptors (Lipinski definition) is 3. The molecule has 1 N–H and O–H groups in total. The van der Waals surface area contributed by atoms with Crippen LogP contribution in [0.2, 0.25) is 10.0 Å². The van der Waals surface area contributed by atoms with Crippen LogP contribution in [0.4, 0.5) is 5.69 Å². The topological polar surface area (TPSA) is 62.3 Å². The van der Waals surface area contributed by atoms with Crippen molar-refractivity contribution in [3.63, 3.8) is 0 Å². The van der Waals surface area contributed by atoms with E-state index in [2.05, 4.69) is 10.3 Å². The zero-order valence-electron chi connectivity index (χ0n) is 13.6. The SMILES string of the molecule is Cc1cccc(C(=O)N2CCC[C@H]2C(=O)Nc2cc(Cl)ccc2Cl)n1. The Hall–Kier alpha value is -2.11. The molecule has 1 saturated heterocycles. The van der Waals surface area contributed by atoms with Crippen molar-refractivity contribution in [3.05, 3.63) is 57.8 Å². The Labute approximate surface area is 155 Å². The number of aromatic nitrogens is 1. The van der Waals surface area contributed by atoms with Crippen LogP contribution in [0.5, 0.6) is 0 Å². The Morgan fingerprint density at radius 1 is 1.24 bits per heavy atom. The van der Waals surface area contributed by atoms with Gasteiger partial charge in [-0.25, -0.2) is 4.98 Å². The largest absolute Gasteiger partial charge is 0.325 e. The quantitative estimate of drug-likeness (QED) is 0.880. The average Bonchev–Trinajstić information content (AvgIpc) is 3.07. The Morgan fingerprint density at radius 2 is 2.04 bits per heavy atom. The van der Waals surface area contributed by atoms with E-state index in [0.29, 0.717) is 34.4 Å². The summed E-state index contributed by atoms with van der Waals surface area (Å²) in [5, 5.41) is 3.64. The van der Waals surface area contributed by atoms with E-state index in [1.165, 1.54) is 0 Å². The molecule has 0 radical (unpaired) electrons. The maximum Gasteiger partial charge on any atom is 0.273 e. The number of benzene rings is 1. The van der Waals surface area contributed by atoms with E-state index in [0.717, 1.165) is 12.1 Å². The van der Waals surface area contributed by atoms with Crippen molar-refractivity contribution in [1.82, 2.24) is 9.88 Å². The Kier molecular flexibility index (Phi) is 5.25. The number of nitrogens with one attached hydrogen (secondary N) is 1. The average molecular weight is 378 g/mol. The van der Waals surface area contributed by atoms with Crippen LogP contribution in [-0.4, -0.2) is 34.3 Å². The van der Waals surface area contributed by atoms with Gasteiger partial charge >= 0.3 is 0 Å². The van der Waals surface area contributed by atoms with Crippen molar-refractivity contribution in [2.24, 2.45) is 0 Å². The summed E-state index contributed by atoms with van der Waals surface area (Å²) in [7, 11) is 0. The number of pyridine rings is 1. The molecule has 1 aliphatic heterocycles. The minimum Gasteiger partial charge on any atom is -0.325 e. The lowest BCUT2D eigenvalue weighted by atomic mass is 10.2. The fourth-order valence-corrected chi connectivity index (χ4v) is 3.24. The molecule has 3 rings (SSSR count). The normalized spacial score (nSPS) is 16.8. The van der Waals surface area contributed by atoms with Crippen molar-refractivity contribution in [1.29, 1.82) is 0 Å². The fraction of sp³-hybridized carbons (Fsp3) is 0.278. The number of aryl methyl sites for hydroxylation is 1. The van der Waals surface area contributed by atoms with Crippen LogP contribution in [0.1, 0.15) is 29.0 Å². The number of amides is 2. The predicted molar refractivity (Wildman–Crippen MR) is 98.1 cm³/mol. The van der Waals surface area contributed by atoms with E-state index >= 15 is 0 Å². The maximum absolute atomic E-state index is 12.7. The van der Waals surface area contributed by atoms with Gasteiger partial charge in [0.25, 0.3) is 5.91 Å². The molecule has 1 fully saturated rings. The van der Waals surface area contributed by atoms with Gasteiger partial charge in [-0.3, -0.25) is 9.59 Å². The van der Waals surface area contributed by atoms with Crippen LogP contribution in [0, 0.1) is 6.92 Å². The number of carbonyl (C=O) groups is 2. The lowest BCUT2D eigenvalue weighted by Crippen LogP contribution is -2.43. The van der Waals surface area contributed by atoms with Gasteiger partial charge in [-0.15, -0.1) is 0 Å². The zero-order chi connectivity index (χ0) is 18.0. The van der Waals surface area contributed by atoms with Crippen LogP contribution >= 0.6 is 23.2 Å². The van der Waals surface area contributed by atoms with Crippen molar-refractivity contribution in [3.8, 4) is 0 Å². The molecule has 25 heavy (non-hydrogen) atoms. The number of rotatable bonds is 3. The third-order valence-corrected chi connectivity index (χ3v) is 4.67. The lowest BCUT2D eigenvalue weighted by molar-refractivity contribution is -0.119. The second-order valence-electron chi connectivity index (χ2n) is 5.93. The third kappa shape index (κ3) is 3.94. The fourth-order valence-electron chi connectivity index (χ4n) is 2.90. The molecule has 1 aromatic carbocycles. The van der Waals surface area contributed by atoms with Gasteiger partial charge in [-0.05, 0) is 50.1 Å². The van der Waals surface area contributed by atoms with Crippen molar-refractivity contribution >= 4 is 40.7 Å². The minimum absolute atomic E-state index is 0.237. The van der Waals surface area contributed by atoms with E-state index < -0.39 is 6.04 Å². The van der Waals surface area contributed by atoms with Gasteiger partial charge in [0.05, 0.1) is 10.7 Å². The van der Waals surface area contributed by atoms with Crippen LogP contribution in [0.15, 0.2) is 36.4 Å². The molecule has 0 aliphatic carbocycles. The molecule has 1 atom stereocenters. The highest BCUT2D eigenvalue weighted by Gasteiger charge is 2.35. The smallest absolute Gasteiger partial charge is 0.273 e. The predicted octanol–water partition coefficient (Wildman–Crippen LogP) is 3.94. The summed E-state index contributed by atoms with van der Waals surface area (Å²) >= 11 is 12.0. The highest BCUT2D eigenvalue weighted by atomic mass is 35.5. The van der Waals surface area contributed by atoms with Gasteiger partial charge in [-0.2, -0.15) is 0 Å². The molecular formula is C18H17Cl2N3O2. The molecule has 1 aliphatic rings. The molecular weight excluding hydrogens is 361 g/mol. The Bertz CT molecular complexity index is 826. The molecule has 2 heterocycles. The summed E-state index contributed by atoms with van der Waals surface area (Å²) in [6, 6.07) is 9.58. The molecule has 130 valence electrons. The van der Waals surface area contributed by atoms with E-state index in [-0.39, 0.29) is 11.8 Å². The molecule has 0 bridgehead atoms. The Morgan fingerprint density at radius 3 is 2.80 bits per heavy atom.